The fraction of sp³-hybridized carbons (Fsp3) is 0.400. The van der Waals surface area contributed by atoms with E-state index in [2.05, 4.69) is 9.98 Å². The molecule has 1 saturated carbocycles. The van der Waals surface area contributed by atoms with Crippen molar-refractivity contribution >= 4 is 12.0 Å². The lowest BCUT2D eigenvalue weighted by Crippen LogP contribution is -2.27. The first-order chi connectivity index (χ1) is 13.1. The van der Waals surface area contributed by atoms with Gasteiger partial charge in [0.15, 0.2) is 0 Å². The van der Waals surface area contributed by atoms with Crippen LogP contribution in [-0.2, 0) is 6.18 Å². The quantitative estimate of drug-likeness (QED) is 0.683. The first kappa shape index (κ1) is 20.1. The van der Waals surface area contributed by atoms with Crippen LogP contribution in [0.5, 0.6) is 5.75 Å². The standard InChI is InChI=1S/C20H22F3N3O2/c1-12-8-14(20(21,22)23)9-16(27)17(12)15-5-4-13(18(24)26-15)10-25-11-19(28)6-2-3-7-19/h4-5,8-10,27-28H,2-3,6-7,11H2,1H3,(H2,24,26). The molecule has 0 spiro atoms. The number of aromatic hydroxyl groups is 1. The van der Waals surface area contributed by atoms with Crippen molar-refractivity contribution in [2.45, 2.75) is 44.4 Å². The van der Waals surface area contributed by atoms with Crippen molar-refractivity contribution in [2.24, 2.45) is 4.99 Å². The summed E-state index contributed by atoms with van der Waals surface area (Å²) < 4.78 is 38.6. The lowest BCUT2D eigenvalue weighted by molar-refractivity contribution is -0.137. The van der Waals surface area contributed by atoms with Crippen LogP contribution in [0.15, 0.2) is 29.3 Å². The van der Waals surface area contributed by atoms with Gasteiger partial charge < -0.3 is 15.9 Å². The molecule has 3 rings (SSSR count). The zero-order valence-electron chi connectivity index (χ0n) is 15.4. The summed E-state index contributed by atoms with van der Waals surface area (Å²) in [6.45, 7) is 1.76. The average Bonchev–Trinajstić information content (AvgIpc) is 3.02. The number of halogens is 3. The number of benzene rings is 1. The number of hydrogen-bond acceptors (Lipinski definition) is 5. The highest BCUT2D eigenvalue weighted by Crippen LogP contribution is 2.38. The van der Waals surface area contributed by atoms with Gasteiger partial charge in [-0.2, -0.15) is 13.2 Å². The Bertz CT molecular complexity index is 881. The third-order valence-electron chi connectivity index (χ3n) is 5.01. The number of phenolic OH excluding ortho intramolecular Hbond substituents is 1. The van der Waals surface area contributed by atoms with Crippen LogP contribution >= 0.6 is 0 Å². The topological polar surface area (TPSA) is 91.7 Å². The Morgan fingerprint density at radius 1 is 1.25 bits per heavy atom. The number of hydrogen-bond donors (Lipinski definition) is 3. The van der Waals surface area contributed by atoms with Gasteiger partial charge in [-0.15, -0.1) is 0 Å². The minimum atomic E-state index is -4.54. The van der Waals surface area contributed by atoms with Crippen LogP contribution in [0.25, 0.3) is 11.3 Å². The van der Waals surface area contributed by atoms with E-state index in [0.29, 0.717) is 11.6 Å². The fourth-order valence-electron chi connectivity index (χ4n) is 3.50. The van der Waals surface area contributed by atoms with E-state index in [1.165, 1.54) is 13.1 Å². The smallest absolute Gasteiger partial charge is 0.416 e. The van der Waals surface area contributed by atoms with Crippen LogP contribution in [-0.4, -0.2) is 33.6 Å². The highest BCUT2D eigenvalue weighted by molar-refractivity contribution is 5.87. The maximum Gasteiger partial charge on any atom is 0.416 e. The summed E-state index contributed by atoms with van der Waals surface area (Å²) >= 11 is 0. The molecule has 0 amide bonds. The molecule has 0 unspecified atom stereocenters. The normalized spacial score (nSPS) is 16.8. The number of phenols is 1. The van der Waals surface area contributed by atoms with Crippen molar-refractivity contribution < 1.29 is 23.4 Å². The van der Waals surface area contributed by atoms with Crippen LogP contribution < -0.4 is 5.73 Å². The van der Waals surface area contributed by atoms with E-state index in [4.69, 9.17) is 5.73 Å². The molecule has 1 aliphatic rings. The first-order valence-corrected chi connectivity index (χ1v) is 8.99. The Hall–Kier alpha value is -2.61. The van der Waals surface area contributed by atoms with Gasteiger partial charge in [0.1, 0.15) is 11.6 Å². The largest absolute Gasteiger partial charge is 0.507 e. The van der Waals surface area contributed by atoms with Crippen molar-refractivity contribution in [3.8, 4) is 17.0 Å². The average molecular weight is 393 g/mol. The second-order valence-electron chi connectivity index (χ2n) is 7.26. The molecule has 1 fully saturated rings. The number of aliphatic hydroxyl groups is 1. The number of nitrogens with zero attached hydrogens (tertiary/aromatic N) is 2. The van der Waals surface area contributed by atoms with Crippen LogP contribution in [0.2, 0.25) is 0 Å². The predicted molar refractivity (Wildman–Crippen MR) is 101 cm³/mol. The van der Waals surface area contributed by atoms with Crippen molar-refractivity contribution in [3.05, 3.63) is 41.0 Å². The molecular weight excluding hydrogens is 371 g/mol. The van der Waals surface area contributed by atoms with Gasteiger partial charge in [0.05, 0.1) is 23.4 Å². The number of anilines is 1. The van der Waals surface area contributed by atoms with E-state index < -0.39 is 23.1 Å². The lowest BCUT2D eigenvalue weighted by Gasteiger charge is -2.18. The molecule has 0 aliphatic heterocycles. The molecule has 150 valence electrons. The summed E-state index contributed by atoms with van der Waals surface area (Å²) in [5.74, 6) is -0.373. The minimum Gasteiger partial charge on any atom is -0.507 e. The van der Waals surface area contributed by atoms with E-state index in [-0.39, 0.29) is 29.2 Å². The third-order valence-corrected chi connectivity index (χ3v) is 5.01. The van der Waals surface area contributed by atoms with Crippen LogP contribution in [0, 0.1) is 6.92 Å². The second kappa shape index (κ2) is 7.43. The molecule has 4 N–H and O–H groups in total. The lowest BCUT2D eigenvalue weighted by atomic mass is 10.00. The Kier molecular flexibility index (Phi) is 5.34. The van der Waals surface area contributed by atoms with E-state index in [0.717, 1.165) is 31.7 Å². The number of rotatable bonds is 4. The summed E-state index contributed by atoms with van der Waals surface area (Å²) in [5.41, 5.74) is 5.52. The monoisotopic (exact) mass is 393 g/mol. The summed E-state index contributed by atoms with van der Waals surface area (Å²) in [7, 11) is 0. The van der Waals surface area contributed by atoms with E-state index in [1.807, 2.05) is 0 Å². The zero-order chi connectivity index (χ0) is 20.5. The molecule has 1 aliphatic carbocycles. The Balaban J connectivity index is 1.84. The summed E-state index contributed by atoms with van der Waals surface area (Å²) in [6, 6.07) is 4.84. The molecule has 2 aromatic rings. The number of nitrogen functional groups attached to an aromatic ring is 1. The first-order valence-electron chi connectivity index (χ1n) is 8.99. The van der Waals surface area contributed by atoms with Gasteiger partial charge in [0.25, 0.3) is 0 Å². The van der Waals surface area contributed by atoms with E-state index >= 15 is 0 Å². The number of nitrogens with two attached hydrogens (primary N) is 1. The second-order valence-corrected chi connectivity index (χ2v) is 7.26. The molecule has 0 atom stereocenters. The Morgan fingerprint density at radius 3 is 2.50 bits per heavy atom. The molecule has 0 radical (unpaired) electrons. The third kappa shape index (κ3) is 4.27. The molecule has 0 bridgehead atoms. The van der Waals surface area contributed by atoms with Gasteiger partial charge in [-0.05, 0) is 49.6 Å². The Morgan fingerprint density at radius 2 is 1.93 bits per heavy atom. The van der Waals surface area contributed by atoms with Gasteiger partial charge in [-0.1, -0.05) is 12.8 Å². The van der Waals surface area contributed by atoms with E-state index in [9.17, 15) is 23.4 Å². The van der Waals surface area contributed by atoms with Crippen LogP contribution in [0.4, 0.5) is 19.0 Å². The van der Waals surface area contributed by atoms with E-state index in [1.54, 1.807) is 12.1 Å². The van der Waals surface area contributed by atoms with Gasteiger partial charge in [-0.25, -0.2) is 4.98 Å². The van der Waals surface area contributed by atoms with Crippen molar-refractivity contribution in [1.82, 2.24) is 4.98 Å². The molecule has 1 heterocycles. The van der Waals surface area contributed by atoms with Crippen LogP contribution in [0.3, 0.4) is 0 Å². The maximum absolute atomic E-state index is 12.9. The van der Waals surface area contributed by atoms with Gasteiger partial charge >= 0.3 is 6.18 Å². The van der Waals surface area contributed by atoms with Gasteiger partial charge in [0.2, 0.25) is 0 Å². The van der Waals surface area contributed by atoms with Crippen molar-refractivity contribution in [1.29, 1.82) is 0 Å². The highest BCUT2D eigenvalue weighted by atomic mass is 19.4. The van der Waals surface area contributed by atoms with Crippen molar-refractivity contribution in [3.63, 3.8) is 0 Å². The molecule has 1 aromatic carbocycles. The Labute approximate surface area is 160 Å². The number of alkyl halides is 3. The number of aryl methyl sites for hydroxylation is 1. The maximum atomic E-state index is 12.9. The number of pyridine rings is 1. The molecule has 5 nitrogen and oxygen atoms in total. The SMILES string of the molecule is Cc1cc(C(F)(F)F)cc(O)c1-c1ccc(C=NCC2(O)CCCC2)c(N)n1. The fourth-order valence-corrected chi connectivity index (χ4v) is 3.50. The zero-order valence-corrected chi connectivity index (χ0v) is 15.4. The minimum absolute atomic E-state index is 0.137. The summed E-state index contributed by atoms with van der Waals surface area (Å²) in [5, 5.41) is 20.4. The molecule has 28 heavy (non-hydrogen) atoms. The van der Waals surface area contributed by atoms with Crippen LogP contribution in [0.1, 0.15) is 42.4 Å². The number of aliphatic imine (C=N–C) groups is 1. The summed E-state index contributed by atoms with van der Waals surface area (Å²) in [4.78, 5) is 8.47. The predicted octanol–water partition coefficient (Wildman–Crippen LogP) is 4.09. The molecule has 1 aromatic heterocycles. The van der Waals surface area contributed by atoms with Crippen molar-refractivity contribution in [2.75, 3.05) is 12.3 Å². The molecule has 0 saturated heterocycles. The number of aromatic nitrogens is 1. The molecule has 8 heteroatoms. The molecular formula is C20H22F3N3O2. The summed E-state index contributed by atoms with van der Waals surface area (Å²) in [6.07, 6.45) is 0.409. The van der Waals surface area contributed by atoms with Gasteiger partial charge in [0, 0.05) is 17.3 Å². The highest BCUT2D eigenvalue weighted by Gasteiger charge is 2.32. The van der Waals surface area contributed by atoms with Gasteiger partial charge in [-0.3, -0.25) is 4.99 Å².